The summed E-state index contributed by atoms with van der Waals surface area (Å²) in [6.45, 7) is 1.98. The van der Waals surface area contributed by atoms with Crippen LogP contribution in [-0.2, 0) is 4.79 Å². The number of carboxylic acids is 1. The van der Waals surface area contributed by atoms with E-state index in [1.807, 2.05) is 13.0 Å². The Morgan fingerprint density at radius 3 is 2.59 bits per heavy atom. The van der Waals surface area contributed by atoms with Gasteiger partial charge in [0.05, 0.1) is 5.69 Å². The molecule has 6 nitrogen and oxygen atoms in total. The monoisotopic (exact) mass is 301 g/mol. The van der Waals surface area contributed by atoms with Crippen LogP contribution in [0, 0.1) is 0 Å². The average molecular weight is 301 g/mol. The number of amides is 1. The fourth-order valence-corrected chi connectivity index (χ4v) is 2.09. The van der Waals surface area contributed by atoms with Gasteiger partial charge >= 0.3 is 5.97 Å². The number of nitrogens with zero attached hydrogens (tertiary/aromatic N) is 2. The molecule has 0 saturated carbocycles. The van der Waals surface area contributed by atoms with E-state index in [9.17, 15) is 9.59 Å². The number of rotatable bonds is 7. The minimum absolute atomic E-state index is 0.379. The molecule has 0 spiro atoms. The maximum Gasteiger partial charge on any atom is 0.326 e. The lowest BCUT2D eigenvalue weighted by Gasteiger charge is -2.14. The first kappa shape index (κ1) is 15.8. The Balaban J connectivity index is 2.04. The van der Waals surface area contributed by atoms with Crippen LogP contribution in [0.2, 0.25) is 0 Å². The third-order valence-electron chi connectivity index (χ3n) is 3.35. The summed E-state index contributed by atoms with van der Waals surface area (Å²) in [6, 6.07) is 7.81. The highest BCUT2D eigenvalue weighted by atomic mass is 16.4. The third-order valence-corrected chi connectivity index (χ3v) is 3.35. The van der Waals surface area contributed by atoms with Gasteiger partial charge in [-0.05, 0) is 36.8 Å². The Labute approximate surface area is 128 Å². The number of hydrogen-bond donors (Lipinski definition) is 2. The summed E-state index contributed by atoms with van der Waals surface area (Å²) < 4.78 is 1.68. The van der Waals surface area contributed by atoms with E-state index < -0.39 is 12.0 Å². The van der Waals surface area contributed by atoms with Crippen molar-refractivity contribution >= 4 is 11.9 Å². The van der Waals surface area contributed by atoms with E-state index in [0.717, 1.165) is 18.5 Å². The molecule has 0 bridgehead atoms. The highest BCUT2D eigenvalue weighted by Crippen LogP contribution is 2.09. The Kier molecular flexibility index (Phi) is 5.30. The molecule has 1 heterocycles. The van der Waals surface area contributed by atoms with Crippen LogP contribution in [0.15, 0.2) is 42.7 Å². The summed E-state index contributed by atoms with van der Waals surface area (Å²) >= 11 is 0. The minimum Gasteiger partial charge on any atom is -0.480 e. The van der Waals surface area contributed by atoms with Crippen molar-refractivity contribution in [2.24, 2.45) is 0 Å². The molecule has 1 atom stereocenters. The van der Waals surface area contributed by atoms with E-state index >= 15 is 0 Å². The molecule has 2 rings (SSSR count). The van der Waals surface area contributed by atoms with Crippen molar-refractivity contribution in [1.29, 1.82) is 0 Å². The van der Waals surface area contributed by atoms with Gasteiger partial charge in [0.15, 0.2) is 0 Å². The van der Waals surface area contributed by atoms with Crippen molar-refractivity contribution in [3.63, 3.8) is 0 Å². The summed E-state index contributed by atoms with van der Waals surface area (Å²) in [7, 11) is 0. The zero-order valence-corrected chi connectivity index (χ0v) is 12.4. The van der Waals surface area contributed by atoms with E-state index in [2.05, 4.69) is 10.4 Å². The number of benzene rings is 1. The smallest absolute Gasteiger partial charge is 0.326 e. The van der Waals surface area contributed by atoms with Crippen LogP contribution >= 0.6 is 0 Å². The molecule has 0 saturated heterocycles. The van der Waals surface area contributed by atoms with E-state index in [4.69, 9.17) is 5.11 Å². The molecule has 0 radical (unpaired) electrons. The van der Waals surface area contributed by atoms with Crippen molar-refractivity contribution < 1.29 is 14.7 Å². The second-order valence-electron chi connectivity index (χ2n) is 5.00. The summed E-state index contributed by atoms with van der Waals surface area (Å²) in [6.07, 6.45) is 5.56. The van der Waals surface area contributed by atoms with Crippen LogP contribution in [0.3, 0.4) is 0 Å². The minimum atomic E-state index is -1.00. The Hall–Kier alpha value is -2.63. The molecule has 0 aliphatic heterocycles. The lowest BCUT2D eigenvalue weighted by Crippen LogP contribution is -2.40. The summed E-state index contributed by atoms with van der Waals surface area (Å²) in [5, 5.41) is 15.8. The number of carbonyl (C=O) groups is 2. The standard InChI is InChI=1S/C16H19N3O3/c1-2-3-5-14(16(21)22)18-15(20)12-6-8-13(9-7-12)19-11-4-10-17-19/h4,6-11,14H,2-3,5H2,1H3,(H,18,20)(H,21,22). The van der Waals surface area contributed by atoms with E-state index in [1.165, 1.54) is 0 Å². The molecule has 2 aromatic rings. The van der Waals surface area contributed by atoms with Gasteiger partial charge in [0.25, 0.3) is 5.91 Å². The summed E-state index contributed by atoms with van der Waals surface area (Å²) in [4.78, 5) is 23.3. The van der Waals surface area contributed by atoms with Crippen molar-refractivity contribution in [1.82, 2.24) is 15.1 Å². The predicted molar refractivity (Wildman–Crippen MR) is 82.0 cm³/mol. The highest BCUT2D eigenvalue weighted by Gasteiger charge is 2.19. The SMILES string of the molecule is CCCCC(NC(=O)c1ccc(-n2cccn2)cc1)C(=O)O. The first-order chi connectivity index (χ1) is 10.6. The summed E-state index contributed by atoms with van der Waals surface area (Å²) in [5.41, 5.74) is 1.26. The van der Waals surface area contributed by atoms with Crippen LogP contribution in [0.5, 0.6) is 0 Å². The van der Waals surface area contributed by atoms with Gasteiger partial charge in [-0.3, -0.25) is 4.79 Å². The second kappa shape index (κ2) is 7.40. The maximum absolute atomic E-state index is 12.1. The summed E-state index contributed by atoms with van der Waals surface area (Å²) in [5.74, 6) is -1.38. The maximum atomic E-state index is 12.1. The molecular formula is C16H19N3O3. The van der Waals surface area contributed by atoms with Crippen LogP contribution in [0.1, 0.15) is 36.5 Å². The zero-order valence-electron chi connectivity index (χ0n) is 12.4. The number of nitrogens with one attached hydrogen (secondary N) is 1. The van der Waals surface area contributed by atoms with Gasteiger partial charge in [-0.15, -0.1) is 0 Å². The zero-order chi connectivity index (χ0) is 15.9. The van der Waals surface area contributed by atoms with Gasteiger partial charge in [0.2, 0.25) is 0 Å². The Morgan fingerprint density at radius 2 is 2.05 bits per heavy atom. The number of carbonyl (C=O) groups excluding carboxylic acids is 1. The number of aromatic nitrogens is 2. The van der Waals surface area contributed by atoms with E-state index in [1.54, 1.807) is 41.3 Å². The van der Waals surface area contributed by atoms with Crippen LogP contribution < -0.4 is 5.32 Å². The molecule has 0 aliphatic rings. The van der Waals surface area contributed by atoms with Crippen LogP contribution in [0.25, 0.3) is 5.69 Å². The first-order valence-electron chi connectivity index (χ1n) is 7.25. The lowest BCUT2D eigenvalue weighted by molar-refractivity contribution is -0.139. The van der Waals surface area contributed by atoms with Crippen LogP contribution in [-0.4, -0.2) is 32.8 Å². The normalized spacial score (nSPS) is 11.9. The van der Waals surface area contributed by atoms with Crippen molar-refractivity contribution in [2.45, 2.75) is 32.2 Å². The fourth-order valence-electron chi connectivity index (χ4n) is 2.09. The van der Waals surface area contributed by atoms with Crippen molar-refractivity contribution in [2.75, 3.05) is 0 Å². The predicted octanol–water partition coefficient (Wildman–Crippen LogP) is 2.25. The lowest BCUT2D eigenvalue weighted by atomic mass is 10.1. The Morgan fingerprint density at radius 1 is 1.32 bits per heavy atom. The van der Waals surface area contributed by atoms with Gasteiger partial charge in [-0.25, -0.2) is 9.48 Å². The topological polar surface area (TPSA) is 84.2 Å². The molecule has 0 fully saturated rings. The fraction of sp³-hybridized carbons (Fsp3) is 0.312. The molecule has 1 aromatic heterocycles. The molecule has 0 aliphatic carbocycles. The Bertz CT molecular complexity index is 621. The van der Waals surface area contributed by atoms with E-state index in [0.29, 0.717) is 12.0 Å². The molecule has 2 N–H and O–H groups in total. The number of carboxylic acid groups (broad SMARTS) is 1. The van der Waals surface area contributed by atoms with Crippen LogP contribution in [0.4, 0.5) is 0 Å². The molecule has 116 valence electrons. The average Bonchev–Trinajstić information content (AvgIpc) is 3.05. The second-order valence-corrected chi connectivity index (χ2v) is 5.00. The number of hydrogen-bond acceptors (Lipinski definition) is 3. The molecule has 1 aromatic carbocycles. The van der Waals surface area contributed by atoms with Gasteiger partial charge < -0.3 is 10.4 Å². The molecule has 1 amide bonds. The molecule has 22 heavy (non-hydrogen) atoms. The van der Waals surface area contributed by atoms with Gasteiger partial charge in [-0.2, -0.15) is 5.10 Å². The van der Waals surface area contributed by atoms with E-state index in [-0.39, 0.29) is 5.91 Å². The third kappa shape index (κ3) is 3.94. The number of unbranched alkanes of at least 4 members (excludes halogenated alkanes) is 1. The van der Waals surface area contributed by atoms with Crippen molar-refractivity contribution in [3.05, 3.63) is 48.3 Å². The van der Waals surface area contributed by atoms with Gasteiger partial charge in [0, 0.05) is 18.0 Å². The van der Waals surface area contributed by atoms with Crippen molar-refractivity contribution in [3.8, 4) is 5.69 Å². The molecular weight excluding hydrogens is 282 g/mol. The first-order valence-corrected chi connectivity index (χ1v) is 7.25. The highest BCUT2D eigenvalue weighted by molar-refractivity contribution is 5.96. The van der Waals surface area contributed by atoms with Gasteiger partial charge in [0.1, 0.15) is 6.04 Å². The number of aliphatic carboxylic acids is 1. The molecule has 6 heteroatoms. The largest absolute Gasteiger partial charge is 0.480 e. The van der Waals surface area contributed by atoms with Gasteiger partial charge in [-0.1, -0.05) is 19.8 Å². The molecule has 1 unspecified atom stereocenters. The quantitative estimate of drug-likeness (QED) is 0.821.